The first-order valence-corrected chi connectivity index (χ1v) is 5.48. The van der Waals surface area contributed by atoms with E-state index in [1.165, 1.54) is 4.63 Å². The zero-order valence-electron chi connectivity index (χ0n) is 9.52. The molecule has 0 spiro atoms. The molecule has 0 fully saturated rings. The van der Waals surface area contributed by atoms with Gasteiger partial charge in [0.25, 0.3) is 5.78 Å². The molecule has 9 nitrogen and oxygen atoms in total. The van der Waals surface area contributed by atoms with Crippen molar-refractivity contribution in [1.29, 1.82) is 0 Å². The topological polar surface area (TPSA) is 124 Å². The fraction of sp³-hybridized carbons (Fsp3) is 0. The van der Waals surface area contributed by atoms with Gasteiger partial charge in [-0.2, -0.15) is 4.98 Å². The summed E-state index contributed by atoms with van der Waals surface area (Å²) in [4.78, 5) is 11.6. The van der Waals surface area contributed by atoms with Gasteiger partial charge in [0.15, 0.2) is 17.3 Å². The lowest BCUT2D eigenvalue weighted by atomic mass is 10.3. The van der Waals surface area contributed by atoms with Gasteiger partial charge in [0.1, 0.15) is 0 Å². The van der Waals surface area contributed by atoms with Crippen LogP contribution in [-0.2, 0) is 0 Å². The highest BCUT2D eigenvalue weighted by Gasteiger charge is 2.14. The molecule has 0 saturated heterocycles. The number of anilines is 1. The summed E-state index contributed by atoms with van der Waals surface area (Å²) in [5, 5.41) is 15.0. The number of fused-ring (bicyclic) bond motifs is 2. The quantitative estimate of drug-likeness (QED) is 0.490. The molecule has 3 aromatic heterocycles. The van der Waals surface area contributed by atoms with Crippen LogP contribution in [0.2, 0.25) is 0 Å². The van der Waals surface area contributed by atoms with Gasteiger partial charge in [-0.15, -0.1) is 5.10 Å². The summed E-state index contributed by atoms with van der Waals surface area (Å²) in [5.74, 6) is 1.00. The highest BCUT2D eigenvalue weighted by Crippen LogP contribution is 2.21. The molecule has 0 bridgehead atoms. The minimum Gasteiger partial charge on any atom is -0.382 e. The van der Waals surface area contributed by atoms with Gasteiger partial charge in [-0.1, -0.05) is 21.9 Å². The first kappa shape index (κ1) is 9.88. The highest BCUT2D eigenvalue weighted by molar-refractivity contribution is 5.80. The lowest BCUT2D eigenvalue weighted by Crippen LogP contribution is -2.05. The number of tetrazole rings is 1. The van der Waals surface area contributed by atoms with Crippen LogP contribution in [0.5, 0.6) is 0 Å². The Balaban J connectivity index is 1.99. The minimum atomic E-state index is 0.223. The predicted molar refractivity (Wildman–Crippen MR) is 65.9 cm³/mol. The molecular formula is C10H7N9. The Bertz CT molecular complexity index is 857. The molecule has 0 radical (unpaired) electrons. The van der Waals surface area contributed by atoms with E-state index in [0.29, 0.717) is 11.5 Å². The maximum Gasteiger partial charge on any atom is 0.293 e. The van der Waals surface area contributed by atoms with Gasteiger partial charge in [0.05, 0.1) is 11.0 Å². The SMILES string of the molecule is Nc1nc2nnnn2nc1-c1nc2ccccc2[nH]1. The summed E-state index contributed by atoms with van der Waals surface area (Å²) in [5.41, 5.74) is 8.00. The molecule has 0 aliphatic rings. The first-order valence-electron chi connectivity index (χ1n) is 5.48. The van der Waals surface area contributed by atoms with Crippen LogP contribution in [0, 0.1) is 0 Å². The van der Waals surface area contributed by atoms with E-state index >= 15 is 0 Å². The average molecular weight is 253 g/mol. The molecule has 4 aromatic rings. The van der Waals surface area contributed by atoms with E-state index in [4.69, 9.17) is 5.73 Å². The number of H-pyrrole nitrogens is 1. The number of imidazole rings is 1. The van der Waals surface area contributed by atoms with Crippen molar-refractivity contribution in [2.45, 2.75) is 0 Å². The van der Waals surface area contributed by atoms with Gasteiger partial charge in [0.2, 0.25) is 0 Å². The van der Waals surface area contributed by atoms with E-state index in [1.54, 1.807) is 0 Å². The monoisotopic (exact) mass is 253 g/mol. The summed E-state index contributed by atoms with van der Waals surface area (Å²) in [6.45, 7) is 0. The molecule has 0 aliphatic heterocycles. The molecule has 92 valence electrons. The molecule has 4 rings (SSSR count). The second-order valence-electron chi connectivity index (χ2n) is 3.92. The molecule has 0 aliphatic carbocycles. The van der Waals surface area contributed by atoms with E-state index in [9.17, 15) is 0 Å². The zero-order chi connectivity index (χ0) is 12.8. The number of hydrogen-bond donors (Lipinski definition) is 2. The van der Waals surface area contributed by atoms with Gasteiger partial charge in [0, 0.05) is 0 Å². The van der Waals surface area contributed by atoms with Crippen molar-refractivity contribution in [2.75, 3.05) is 5.73 Å². The molecular weight excluding hydrogens is 246 g/mol. The Kier molecular flexibility index (Phi) is 1.79. The Hall–Kier alpha value is -3.10. The van der Waals surface area contributed by atoms with Gasteiger partial charge in [-0.05, 0) is 22.6 Å². The highest BCUT2D eigenvalue weighted by atomic mass is 15.6. The molecule has 1 aromatic carbocycles. The Morgan fingerprint density at radius 3 is 2.95 bits per heavy atom. The number of aromatic amines is 1. The van der Waals surface area contributed by atoms with Crippen molar-refractivity contribution < 1.29 is 0 Å². The summed E-state index contributed by atoms with van der Waals surface area (Å²) < 4.78 is 1.21. The number of rotatable bonds is 1. The van der Waals surface area contributed by atoms with Crippen LogP contribution in [0.15, 0.2) is 24.3 Å². The molecule has 19 heavy (non-hydrogen) atoms. The summed E-state index contributed by atoms with van der Waals surface area (Å²) in [7, 11) is 0. The van der Waals surface area contributed by atoms with Crippen LogP contribution >= 0.6 is 0 Å². The number of nitrogens with zero attached hydrogens (tertiary/aromatic N) is 7. The zero-order valence-corrected chi connectivity index (χ0v) is 9.52. The molecule has 0 atom stereocenters. The Morgan fingerprint density at radius 1 is 1.16 bits per heavy atom. The number of para-hydroxylation sites is 2. The van der Waals surface area contributed by atoms with E-state index in [-0.39, 0.29) is 11.6 Å². The molecule has 3 heterocycles. The normalized spacial score (nSPS) is 11.4. The van der Waals surface area contributed by atoms with Gasteiger partial charge < -0.3 is 10.7 Å². The maximum absolute atomic E-state index is 5.86. The van der Waals surface area contributed by atoms with Gasteiger partial charge in [-0.3, -0.25) is 0 Å². The lowest BCUT2D eigenvalue weighted by molar-refractivity contribution is 0.729. The van der Waals surface area contributed by atoms with Crippen molar-refractivity contribution in [3.8, 4) is 11.5 Å². The van der Waals surface area contributed by atoms with E-state index in [2.05, 4.69) is 35.6 Å². The second kappa shape index (κ2) is 3.45. The molecule has 9 heteroatoms. The van der Waals surface area contributed by atoms with Crippen LogP contribution in [0.25, 0.3) is 28.3 Å². The van der Waals surface area contributed by atoms with E-state index in [0.717, 1.165) is 11.0 Å². The average Bonchev–Trinajstić information content (AvgIpc) is 3.02. The second-order valence-corrected chi connectivity index (χ2v) is 3.92. The number of benzene rings is 1. The third-order valence-electron chi connectivity index (χ3n) is 2.71. The summed E-state index contributed by atoms with van der Waals surface area (Å²) in [6, 6.07) is 7.65. The van der Waals surface area contributed by atoms with Crippen LogP contribution in [0.1, 0.15) is 0 Å². The summed E-state index contributed by atoms with van der Waals surface area (Å²) in [6.07, 6.45) is 0. The van der Waals surface area contributed by atoms with E-state index in [1.807, 2.05) is 24.3 Å². The number of aromatic nitrogens is 8. The van der Waals surface area contributed by atoms with Crippen molar-refractivity contribution in [2.24, 2.45) is 0 Å². The van der Waals surface area contributed by atoms with Crippen LogP contribution in [0.3, 0.4) is 0 Å². The van der Waals surface area contributed by atoms with Crippen molar-refractivity contribution in [1.82, 2.24) is 40.2 Å². The number of nitrogens with one attached hydrogen (secondary N) is 1. The van der Waals surface area contributed by atoms with Crippen LogP contribution < -0.4 is 5.73 Å². The first-order chi connectivity index (χ1) is 9.31. The maximum atomic E-state index is 5.86. The standard InChI is InChI=1S/C10H7N9/c11-8-7(16-19-10(14-8)15-17-18-19)9-12-5-3-1-2-4-6(5)13-9/h1-4H,(H,12,13)(H2,11,14,15,18). The summed E-state index contributed by atoms with van der Waals surface area (Å²) >= 11 is 0. The smallest absolute Gasteiger partial charge is 0.293 e. The van der Waals surface area contributed by atoms with Crippen LogP contribution in [0.4, 0.5) is 5.82 Å². The fourth-order valence-corrected chi connectivity index (χ4v) is 1.85. The molecule has 0 saturated carbocycles. The third kappa shape index (κ3) is 1.41. The van der Waals surface area contributed by atoms with Gasteiger partial charge in [-0.25, -0.2) is 4.98 Å². The third-order valence-corrected chi connectivity index (χ3v) is 2.71. The number of hydrogen-bond acceptors (Lipinski definition) is 7. The van der Waals surface area contributed by atoms with Crippen molar-refractivity contribution >= 4 is 22.6 Å². The molecule has 0 unspecified atom stereocenters. The Labute approximate surface area is 105 Å². The Morgan fingerprint density at radius 2 is 2.05 bits per heavy atom. The molecule has 0 amide bonds. The predicted octanol–water partition coefficient (Wildman–Crippen LogP) is 0.0398. The van der Waals surface area contributed by atoms with E-state index < -0.39 is 0 Å². The fourth-order valence-electron chi connectivity index (χ4n) is 1.85. The van der Waals surface area contributed by atoms with Crippen LogP contribution in [-0.4, -0.2) is 40.2 Å². The minimum absolute atomic E-state index is 0.223. The largest absolute Gasteiger partial charge is 0.382 e. The lowest BCUT2D eigenvalue weighted by Gasteiger charge is -1.99. The van der Waals surface area contributed by atoms with Gasteiger partial charge >= 0.3 is 0 Å². The number of nitrogens with two attached hydrogens (primary N) is 1. The van der Waals surface area contributed by atoms with Crippen molar-refractivity contribution in [3.05, 3.63) is 24.3 Å². The number of nitrogen functional groups attached to an aromatic ring is 1. The van der Waals surface area contributed by atoms with Crippen molar-refractivity contribution in [3.63, 3.8) is 0 Å². The molecule has 3 N–H and O–H groups in total.